The maximum atomic E-state index is 11.6. The molecule has 1 fully saturated rings. The van der Waals surface area contributed by atoms with Crippen LogP contribution in [0.5, 0.6) is 0 Å². The highest BCUT2D eigenvalue weighted by atomic mass is 32.2. The summed E-state index contributed by atoms with van der Waals surface area (Å²) in [6, 6.07) is 13.5. The number of benzene rings is 1. The predicted octanol–water partition coefficient (Wildman–Crippen LogP) is 4.31. The van der Waals surface area contributed by atoms with Gasteiger partial charge < -0.3 is 10.2 Å². The van der Waals surface area contributed by atoms with Crippen LogP contribution in [0.2, 0.25) is 0 Å². The SMILES string of the molecule is Cc1cc(N2C(=S)N[C@H](c3ccccn3)[C@@H]2c2sccc2C)ccc1NS(C)(=O)=O. The lowest BCUT2D eigenvalue weighted by molar-refractivity contribution is 0.573. The van der Waals surface area contributed by atoms with Gasteiger partial charge in [-0.25, -0.2) is 8.42 Å². The second kappa shape index (κ2) is 7.98. The number of hydrogen-bond acceptors (Lipinski definition) is 5. The molecule has 3 heterocycles. The van der Waals surface area contributed by atoms with E-state index < -0.39 is 10.0 Å². The van der Waals surface area contributed by atoms with Crippen LogP contribution in [0, 0.1) is 13.8 Å². The summed E-state index contributed by atoms with van der Waals surface area (Å²) >= 11 is 7.44. The van der Waals surface area contributed by atoms with Crippen LogP contribution in [-0.4, -0.2) is 24.8 Å². The zero-order valence-corrected chi connectivity index (χ0v) is 19.2. The fourth-order valence-electron chi connectivity index (χ4n) is 3.70. The maximum Gasteiger partial charge on any atom is 0.229 e. The highest BCUT2D eigenvalue weighted by Gasteiger charge is 2.42. The first-order chi connectivity index (χ1) is 14.2. The van der Waals surface area contributed by atoms with Gasteiger partial charge in [0, 0.05) is 16.8 Å². The first-order valence-corrected chi connectivity index (χ1v) is 12.6. The molecule has 0 aliphatic carbocycles. The summed E-state index contributed by atoms with van der Waals surface area (Å²) in [5.41, 5.74) is 4.41. The van der Waals surface area contributed by atoms with Crippen LogP contribution in [0.3, 0.4) is 0 Å². The minimum absolute atomic E-state index is 0.0551. The Bertz CT molecular complexity index is 1190. The second-order valence-corrected chi connectivity index (χ2v) is 10.4. The van der Waals surface area contributed by atoms with Gasteiger partial charge in [-0.1, -0.05) is 6.07 Å². The smallest absolute Gasteiger partial charge is 0.229 e. The minimum atomic E-state index is -3.35. The standard InChI is InChI=1S/C21H22N4O2S3/c1-13-9-11-29-20(13)19-18(17-6-4-5-10-22-17)23-21(28)25(19)15-7-8-16(14(2)12-15)24-30(3,26)27/h4-12,18-19,24H,1-3H3,(H,23,28)/t18-,19-/m1/s1. The van der Waals surface area contributed by atoms with Crippen LogP contribution in [-0.2, 0) is 10.0 Å². The average Bonchev–Trinajstić information content (AvgIpc) is 3.25. The zero-order valence-electron chi connectivity index (χ0n) is 16.8. The van der Waals surface area contributed by atoms with Crippen LogP contribution in [0.4, 0.5) is 11.4 Å². The Morgan fingerprint density at radius 2 is 1.97 bits per heavy atom. The molecule has 0 radical (unpaired) electrons. The molecular weight excluding hydrogens is 436 g/mol. The van der Waals surface area contributed by atoms with Crippen molar-refractivity contribution in [3.05, 3.63) is 75.7 Å². The van der Waals surface area contributed by atoms with Crippen molar-refractivity contribution in [2.24, 2.45) is 0 Å². The third-order valence-electron chi connectivity index (χ3n) is 5.05. The number of thiophene rings is 1. The predicted molar refractivity (Wildman–Crippen MR) is 127 cm³/mol. The summed E-state index contributed by atoms with van der Waals surface area (Å²) in [6.45, 7) is 3.98. The number of hydrogen-bond donors (Lipinski definition) is 2. The summed E-state index contributed by atoms with van der Waals surface area (Å²) in [5, 5.41) is 6.15. The lowest BCUT2D eigenvalue weighted by Gasteiger charge is -2.28. The van der Waals surface area contributed by atoms with Crippen molar-refractivity contribution < 1.29 is 8.42 Å². The van der Waals surface area contributed by atoms with Gasteiger partial charge in [-0.15, -0.1) is 11.3 Å². The van der Waals surface area contributed by atoms with Gasteiger partial charge in [-0.3, -0.25) is 9.71 Å². The van der Waals surface area contributed by atoms with E-state index >= 15 is 0 Å². The Hall–Kier alpha value is -2.49. The van der Waals surface area contributed by atoms with Gasteiger partial charge in [0.15, 0.2) is 5.11 Å². The summed E-state index contributed by atoms with van der Waals surface area (Å²) in [7, 11) is -3.35. The topological polar surface area (TPSA) is 74.3 Å². The molecule has 4 rings (SSSR count). The lowest BCUT2D eigenvalue weighted by Crippen LogP contribution is -2.29. The van der Waals surface area contributed by atoms with Crippen molar-refractivity contribution in [1.82, 2.24) is 10.3 Å². The number of aryl methyl sites for hydroxylation is 2. The van der Waals surface area contributed by atoms with Crippen molar-refractivity contribution in [2.45, 2.75) is 25.9 Å². The third kappa shape index (κ3) is 4.05. The number of pyridine rings is 1. The molecule has 3 aromatic rings. The lowest BCUT2D eigenvalue weighted by atomic mass is 10.00. The minimum Gasteiger partial charge on any atom is -0.351 e. The number of thiocarbonyl (C=S) groups is 1. The number of nitrogens with zero attached hydrogens (tertiary/aromatic N) is 2. The maximum absolute atomic E-state index is 11.6. The van der Waals surface area contributed by atoms with E-state index in [-0.39, 0.29) is 12.1 Å². The molecule has 0 saturated carbocycles. The molecule has 0 unspecified atom stereocenters. The average molecular weight is 459 g/mol. The van der Waals surface area contributed by atoms with Crippen LogP contribution < -0.4 is 14.9 Å². The fourth-order valence-corrected chi connectivity index (χ4v) is 5.73. The summed E-state index contributed by atoms with van der Waals surface area (Å²) in [6.07, 6.45) is 2.93. The molecule has 1 aliphatic heterocycles. The molecule has 2 aromatic heterocycles. The Morgan fingerprint density at radius 1 is 1.17 bits per heavy atom. The summed E-state index contributed by atoms with van der Waals surface area (Å²) in [5.74, 6) is 0. The van der Waals surface area contributed by atoms with Crippen LogP contribution in [0.15, 0.2) is 54.0 Å². The third-order valence-corrected chi connectivity index (χ3v) is 7.05. The van der Waals surface area contributed by atoms with E-state index in [1.807, 2.05) is 37.3 Å². The highest BCUT2D eigenvalue weighted by Crippen LogP contribution is 2.44. The molecule has 6 nitrogen and oxygen atoms in total. The molecule has 1 aromatic carbocycles. The van der Waals surface area contributed by atoms with E-state index in [2.05, 4.69) is 38.3 Å². The first kappa shape index (κ1) is 20.8. The van der Waals surface area contributed by atoms with Crippen molar-refractivity contribution in [3.63, 3.8) is 0 Å². The van der Waals surface area contributed by atoms with Crippen molar-refractivity contribution in [2.75, 3.05) is 15.9 Å². The van der Waals surface area contributed by atoms with E-state index in [1.54, 1.807) is 23.6 Å². The van der Waals surface area contributed by atoms with E-state index in [0.717, 1.165) is 23.2 Å². The second-order valence-electron chi connectivity index (χ2n) is 7.34. The Labute approximate surface area is 186 Å². The summed E-state index contributed by atoms with van der Waals surface area (Å²) < 4.78 is 25.8. The van der Waals surface area contributed by atoms with Gasteiger partial charge in [0.2, 0.25) is 10.0 Å². The highest BCUT2D eigenvalue weighted by molar-refractivity contribution is 7.92. The zero-order chi connectivity index (χ0) is 21.5. The van der Waals surface area contributed by atoms with Gasteiger partial charge in [-0.2, -0.15) is 0 Å². The van der Waals surface area contributed by atoms with Crippen LogP contribution in [0.25, 0.3) is 0 Å². The molecular formula is C21H22N4O2S3. The van der Waals surface area contributed by atoms with E-state index in [4.69, 9.17) is 12.2 Å². The Balaban J connectivity index is 1.79. The molecule has 30 heavy (non-hydrogen) atoms. The monoisotopic (exact) mass is 458 g/mol. The first-order valence-electron chi connectivity index (χ1n) is 9.37. The fraction of sp³-hybridized carbons (Fsp3) is 0.238. The largest absolute Gasteiger partial charge is 0.351 e. The number of anilines is 2. The van der Waals surface area contributed by atoms with Gasteiger partial charge in [0.25, 0.3) is 0 Å². The molecule has 2 atom stereocenters. The van der Waals surface area contributed by atoms with Crippen molar-refractivity contribution >= 4 is 50.1 Å². The van der Waals surface area contributed by atoms with E-state index in [0.29, 0.717) is 10.8 Å². The molecule has 0 spiro atoms. The number of sulfonamides is 1. The van der Waals surface area contributed by atoms with Gasteiger partial charge in [0.1, 0.15) is 0 Å². The quantitative estimate of drug-likeness (QED) is 0.555. The molecule has 1 aliphatic rings. The van der Waals surface area contributed by atoms with Crippen molar-refractivity contribution in [1.29, 1.82) is 0 Å². The molecule has 1 saturated heterocycles. The Kier molecular flexibility index (Phi) is 5.52. The van der Waals surface area contributed by atoms with Gasteiger partial charge in [0.05, 0.1) is 29.7 Å². The molecule has 9 heteroatoms. The van der Waals surface area contributed by atoms with E-state index in [9.17, 15) is 8.42 Å². The number of rotatable bonds is 5. The van der Waals surface area contributed by atoms with Gasteiger partial charge in [-0.05, 0) is 79.0 Å². The van der Waals surface area contributed by atoms with Crippen LogP contribution in [0.1, 0.15) is 33.8 Å². The molecule has 156 valence electrons. The van der Waals surface area contributed by atoms with Crippen LogP contribution >= 0.6 is 23.6 Å². The number of nitrogens with one attached hydrogen (secondary N) is 2. The summed E-state index contributed by atoms with van der Waals surface area (Å²) in [4.78, 5) is 7.88. The van der Waals surface area contributed by atoms with E-state index in [1.165, 1.54) is 10.4 Å². The normalized spacial score (nSPS) is 19.0. The molecule has 0 bridgehead atoms. The molecule has 0 amide bonds. The van der Waals surface area contributed by atoms with Crippen molar-refractivity contribution in [3.8, 4) is 0 Å². The Morgan fingerprint density at radius 3 is 2.57 bits per heavy atom. The number of aromatic nitrogens is 1. The van der Waals surface area contributed by atoms with Gasteiger partial charge >= 0.3 is 0 Å². The molecule has 2 N–H and O–H groups in total.